The number of nitrogens with zero attached hydrogens (tertiary/aromatic N) is 1. The zero-order valence-electron chi connectivity index (χ0n) is 13.7. The van der Waals surface area contributed by atoms with Crippen molar-refractivity contribution in [2.24, 2.45) is 0 Å². The average Bonchev–Trinajstić information content (AvgIpc) is 3.02. The molecule has 5 heteroatoms. The molecule has 3 rings (SSSR count). The summed E-state index contributed by atoms with van der Waals surface area (Å²) in [5.74, 6) is 0.202. The molecule has 0 atom stereocenters. The Morgan fingerprint density at radius 3 is 2.84 bits per heavy atom. The highest BCUT2D eigenvalue weighted by Crippen LogP contribution is 2.19. The molecule has 0 bridgehead atoms. The molecule has 0 saturated carbocycles. The number of para-hydroxylation sites is 1. The lowest BCUT2D eigenvalue weighted by atomic mass is 10.2. The van der Waals surface area contributed by atoms with E-state index < -0.39 is 5.91 Å². The van der Waals surface area contributed by atoms with Crippen LogP contribution in [0.15, 0.2) is 60.2 Å². The van der Waals surface area contributed by atoms with Crippen LogP contribution in [0.4, 0.5) is 5.69 Å². The van der Waals surface area contributed by atoms with Crippen LogP contribution in [0.25, 0.3) is 17.0 Å². The van der Waals surface area contributed by atoms with Crippen molar-refractivity contribution in [2.75, 3.05) is 11.9 Å². The van der Waals surface area contributed by atoms with Gasteiger partial charge >= 0.3 is 0 Å². The highest BCUT2D eigenvalue weighted by Gasteiger charge is 2.11. The predicted octanol–water partition coefficient (Wildman–Crippen LogP) is 4.11. The number of carbonyl (C=O) groups is 1. The van der Waals surface area contributed by atoms with E-state index >= 15 is 0 Å². The molecule has 1 amide bonds. The van der Waals surface area contributed by atoms with Gasteiger partial charge in [0.2, 0.25) is 0 Å². The molecule has 2 aromatic carbocycles. The number of hydrogen-bond donors (Lipinski definition) is 2. The number of aromatic amines is 1. The van der Waals surface area contributed by atoms with Crippen molar-refractivity contribution in [1.29, 1.82) is 5.26 Å². The normalized spacial score (nSPS) is 11.1. The predicted molar refractivity (Wildman–Crippen MR) is 98.1 cm³/mol. The van der Waals surface area contributed by atoms with Crippen LogP contribution in [0, 0.1) is 11.3 Å². The average molecular weight is 331 g/mol. The standard InChI is InChI=1S/C20H17N3O2/c1-2-25-18-8-5-7-16(12-18)23-20(24)15(13-21)11-17-10-14-6-3-4-9-19(14)22-17/h3-12,22H,2H2,1H3,(H,23,24). The van der Waals surface area contributed by atoms with E-state index in [1.807, 2.05) is 49.4 Å². The molecular weight excluding hydrogens is 314 g/mol. The van der Waals surface area contributed by atoms with Gasteiger partial charge in [-0.25, -0.2) is 0 Å². The fourth-order valence-corrected chi connectivity index (χ4v) is 2.51. The molecule has 2 N–H and O–H groups in total. The number of anilines is 1. The largest absolute Gasteiger partial charge is 0.494 e. The van der Waals surface area contributed by atoms with Gasteiger partial charge in [-0.15, -0.1) is 0 Å². The maximum atomic E-state index is 12.4. The second-order valence-corrected chi connectivity index (χ2v) is 5.40. The van der Waals surface area contributed by atoms with Crippen molar-refractivity contribution in [2.45, 2.75) is 6.92 Å². The van der Waals surface area contributed by atoms with E-state index in [1.165, 1.54) is 0 Å². The summed E-state index contributed by atoms with van der Waals surface area (Å²) in [5, 5.41) is 13.1. The molecule has 5 nitrogen and oxygen atoms in total. The van der Waals surface area contributed by atoms with Crippen LogP contribution in [0.2, 0.25) is 0 Å². The van der Waals surface area contributed by atoms with Crippen LogP contribution in [-0.2, 0) is 4.79 Å². The van der Waals surface area contributed by atoms with Gasteiger partial charge in [-0.05, 0) is 42.7 Å². The number of H-pyrrole nitrogens is 1. The molecule has 0 aliphatic rings. The molecule has 0 aliphatic carbocycles. The number of ether oxygens (including phenoxy) is 1. The van der Waals surface area contributed by atoms with Gasteiger partial charge in [0.1, 0.15) is 17.4 Å². The van der Waals surface area contributed by atoms with Gasteiger partial charge in [-0.2, -0.15) is 5.26 Å². The zero-order chi connectivity index (χ0) is 17.6. The Morgan fingerprint density at radius 1 is 1.24 bits per heavy atom. The number of nitriles is 1. The van der Waals surface area contributed by atoms with Crippen LogP contribution in [0.3, 0.4) is 0 Å². The monoisotopic (exact) mass is 331 g/mol. The fraction of sp³-hybridized carbons (Fsp3) is 0.100. The molecule has 0 aliphatic heterocycles. The smallest absolute Gasteiger partial charge is 0.266 e. The maximum absolute atomic E-state index is 12.4. The number of rotatable bonds is 5. The van der Waals surface area contributed by atoms with Crippen molar-refractivity contribution < 1.29 is 9.53 Å². The zero-order valence-corrected chi connectivity index (χ0v) is 13.7. The van der Waals surface area contributed by atoms with E-state index in [4.69, 9.17) is 4.74 Å². The summed E-state index contributed by atoms with van der Waals surface area (Å²) in [6, 6.07) is 18.7. The van der Waals surface area contributed by atoms with Crippen molar-refractivity contribution >= 4 is 28.6 Å². The van der Waals surface area contributed by atoms with E-state index in [2.05, 4.69) is 10.3 Å². The Labute approximate surface area is 145 Å². The topological polar surface area (TPSA) is 77.9 Å². The molecular formula is C20H17N3O2. The summed E-state index contributed by atoms with van der Waals surface area (Å²) in [6.07, 6.45) is 1.54. The quantitative estimate of drug-likeness (QED) is 0.545. The minimum absolute atomic E-state index is 0.0216. The second-order valence-electron chi connectivity index (χ2n) is 5.40. The molecule has 124 valence electrons. The number of carbonyl (C=O) groups excluding carboxylic acids is 1. The second kappa shape index (κ2) is 7.37. The lowest BCUT2D eigenvalue weighted by Gasteiger charge is -2.07. The van der Waals surface area contributed by atoms with Gasteiger partial charge in [0, 0.05) is 23.0 Å². The van der Waals surface area contributed by atoms with Gasteiger partial charge in [0.15, 0.2) is 0 Å². The van der Waals surface area contributed by atoms with E-state index in [0.29, 0.717) is 23.7 Å². The van der Waals surface area contributed by atoms with Crippen LogP contribution < -0.4 is 10.1 Å². The molecule has 3 aromatic rings. The minimum atomic E-state index is -0.463. The first kappa shape index (κ1) is 16.3. The molecule has 1 aromatic heterocycles. The Morgan fingerprint density at radius 2 is 2.08 bits per heavy atom. The van der Waals surface area contributed by atoms with Crippen molar-refractivity contribution in [3.63, 3.8) is 0 Å². The fourth-order valence-electron chi connectivity index (χ4n) is 2.51. The van der Waals surface area contributed by atoms with Gasteiger partial charge in [-0.3, -0.25) is 4.79 Å². The van der Waals surface area contributed by atoms with Gasteiger partial charge in [0.25, 0.3) is 5.91 Å². The Bertz CT molecular complexity index is 947. The highest BCUT2D eigenvalue weighted by atomic mass is 16.5. The molecule has 0 radical (unpaired) electrons. The molecule has 0 fully saturated rings. The Balaban J connectivity index is 1.81. The van der Waals surface area contributed by atoms with Gasteiger partial charge in [-0.1, -0.05) is 24.3 Å². The summed E-state index contributed by atoms with van der Waals surface area (Å²) in [5.41, 5.74) is 2.26. The van der Waals surface area contributed by atoms with Crippen molar-refractivity contribution in [3.8, 4) is 11.8 Å². The van der Waals surface area contributed by atoms with Crippen molar-refractivity contribution in [3.05, 3.63) is 65.9 Å². The summed E-state index contributed by atoms with van der Waals surface area (Å²) < 4.78 is 5.41. The Hall–Kier alpha value is -3.52. The first-order chi connectivity index (χ1) is 12.2. The number of amides is 1. The molecule has 1 heterocycles. The molecule has 25 heavy (non-hydrogen) atoms. The lowest BCUT2D eigenvalue weighted by molar-refractivity contribution is -0.112. The third-order valence-corrected chi connectivity index (χ3v) is 3.62. The third kappa shape index (κ3) is 3.88. The number of fused-ring (bicyclic) bond motifs is 1. The molecule has 0 unspecified atom stereocenters. The minimum Gasteiger partial charge on any atom is -0.494 e. The number of nitrogens with one attached hydrogen (secondary N) is 2. The first-order valence-corrected chi connectivity index (χ1v) is 7.93. The van der Waals surface area contributed by atoms with Gasteiger partial charge in [0.05, 0.1) is 6.61 Å². The molecule has 0 spiro atoms. The van der Waals surface area contributed by atoms with Crippen LogP contribution in [0.1, 0.15) is 12.6 Å². The van der Waals surface area contributed by atoms with E-state index in [-0.39, 0.29) is 5.57 Å². The first-order valence-electron chi connectivity index (χ1n) is 7.93. The SMILES string of the molecule is CCOc1cccc(NC(=O)C(C#N)=Cc2cc3ccccc3[nH]2)c1. The summed E-state index contributed by atoms with van der Waals surface area (Å²) in [6.45, 7) is 2.43. The van der Waals surface area contributed by atoms with Crippen LogP contribution in [0.5, 0.6) is 5.75 Å². The number of aromatic nitrogens is 1. The lowest BCUT2D eigenvalue weighted by Crippen LogP contribution is -2.13. The molecule has 0 saturated heterocycles. The van der Waals surface area contributed by atoms with Crippen molar-refractivity contribution in [1.82, 2.24) is 4.98 Å². The third-order valence-electron chi connectivity index (χ3n) is 3.62. The highest BCUT2D eigenvalue weighted by molar-refractivity contribution is 6.09. The Kier molecular flexibility index (Phi) is 4.82. The van der Waals surface area contributed by atoms with Crippen LogP contribution in [-0.4, -0.2) is 17.5 Å². The van der Waals surface area contributed by atoms with E-state index in [1.54, 1.807) is 24.3 Å². The summed E-state index contributed by atoms with van der Waals surface area (Å²) >= 11 is 0. The van der Waals surface area contributed by atoms with Crippen LogP contribution >= 0.6 is 0 Å². The van der Waals surface area contributed by atoms with Gasteiger partial charge < -0.3 is 15.0 Å². The summed E-state index contributed by atoms with van der Waals surface area (Å²) in [7, 11) is 0. The number of benzene rings is 2. The summed E-state index contributed by atoms with van der Waals surface area (Å²) in [4.78, 5) is 15.6. The van der Waals surface area contributed by atoms with E-state index in [9.17, 15) is 10.1 Å². The van der Waals surface area contributed by atoms with E-state index in [0.717, 1.165) is 10.9 Å². The maximum Gasteiger partial charge on any atom is 0.266 e. The number of hydrogen-bond acceptors (Lipinski definition) is 3.